The molecule has 0 saturated carbocycles. The maximum atomic E-state index is 10.3. The van der Waals surface area contributed by atoms with Crippen molar-refractivity contribution < 1.29 is 30.3 Å². The fourth-order valence-electron chi connectivity index (χ4n) is 2.65. The summed E-state index contributed by atoms with van der Waals surface area (Å²) in [6.45, 7) is 2.27. The number of carboxylic acid groups (broad SMARTS) is 1. The molecule has 0 amide bonds. The quantitative estimate of drug-likeness (QED) is 0.247. The molecule has 0 aromatic carbocycles. The normalized spacial score (nSPS) is 10.3. The zero-order valence-electron chi connectivity index (χ0n) is 14.0. The molecule has 0 aliphatic carbocycles. The van der Waals surface area contributed by atoms with Crippen LogP contribution in [0.5, 0.6) is 0 Å². The fraction of sp³-hybridized carbons (Fsp3) is 0.944. The second-order valence-corrected chi connectivity index (χ2v) is 6.09. The molecule has 0 fully saturated rings. The first-order chi connectivity index (χ1) is 9.77. The SMILES string of the molecule is CCCCCCCCCCCCCCCCCC(=O)O.[Pd]. The third-order valence-corrected chi connectivity index (χ3v) is 3.99. The van der Waals surface area contributed by atoms with E-state index in [1.165, 1.54) is 83.5 Å². The zero-order chi connectivity index (χ0) is 14.9. The van der Waals surface area contributed by atoms with Gasteiger partial charge in [0.25, 0.3) is 0 Å². The maximum absolute atomic E-state index is 10.3. The van der Waals surface area contributed by atoms with E-state index < -0.39 is 5.97 Å². The van der Waals surface area contributed by atoms with Crippen molar-refractivity contribution in [2.45, 2.75) is 110 Å². The van der Waals surface area contributed by atoms with Gasteiger partial charge in [0.05, 0.1) is 0 Å². The van der Waals surface area contributed by atoms with Gasteiger partial charge in [-0.25, -0.2) is 0 Å². The van der Waals surface area contributed by atoms with Crippen molar-refractivity contribution in [3.63, 3.8) is 0 Å². The minimum absolute atomic E-state index is 0. The molecule has 0 rings (SSSR count). The number of unbranched alkanes of at least 4 members (excludes halogenated alkanes) is 14. The van der Waals surface area contributed by atoms with E-state index in [-0.39, 0.29) is 20.4 Å². The molecule has 0 radical (unpaired) electrons. The van der Waals surface area contributed by atoms with Crippen molar-refractivity contribution >= 4 is 5.97 Å². The van der Waals surface area contributed by atoms with E-state index in [1.54, 1.807) is 0 Å². The molecule has 0 bridgehead atoms. The van der Waals surface area contributed by atoms with Crippen LogP contribution in [0.3, 0.4) is 0 Å². The van der Waals surface area contributed by atoms with Crippen LogP contribution < -0.4 is 0 Å². The molecule has 0 saturated heterocycles. The van der Waals surface area contributed by atoms with Gasteiger partial charge in [-0.3, -0.25) is 4.79 Å². The molecular weight excluding hydrogens is 355 g/mol. The van der Waals surface area contributed by atoms with Gasteiger partial charge < -0.3 is 5.11 Å². The summed E-state index contributed by atoms with van der Waals surface area (Å²) in [7, 11) is 0. The molecule has 0 heterocycles. The standard InChI is InChI=1S/C18H36O2.Pd/c1-2-3-4-5-6-7-8-9-10-11-12-13-14-15-16-17-18(19)20;/h2-17H2,1H3,(H,19,20);. The molecule has 0 spiro atoms. The minimum Gasteiger partial charge on any atom is -0.481 e. The molecular formula is C18H36O2Pd. The zero-order valence-corrected chi connectivity index (χ0v) is 15.5. The predicted molar refractivity (Wildman–Crippen MR) is 87.2 cm³/mol. The Morgan fingerprint density at radius 2 is 0.905 bits per heavy atom. The molecule has 1 N–H and O–H groups in total. The van der Waals surface area contributed by atoms with Gasteiger partial charge in [0.15, 0.2) is 0 Å². The van der Waals surface area contributed by atoms with Gasteiger partial charge in [0.2, 0.25) is 0 Å². The van der Waals surface area contributed by atoms with E-state index >= 15 is 0 Å². The molecule has 0 aliphatic rings. The van der Waals surface area contributed by atoms with Crippen molar-refractivity contribution in [2.75, 3.05) is 0 Å². The van der Waals surface area contributed by atoms with E-state index in [1.807, 2.05) is 0 Å². The Morgan fingerprint density at radius 3 is 1.19 bits per heavy atom. The first-order valence-corrected chi connectivity index (χ1v) is 8.99. The van der Waals surface area contributed by atoms with E-state index in [4.69, 9.17) is 5.11 Å². The summed E-state index contributed by atoms with van der Waals surface area (Å²) in [4.78, 5) is 10.3. The number of hydrogen-bond donors (Lipinski definition) is 1. The Hall–Kier alpha value is 0.132. The Labute approximate surface area is 146 Å². The van der Waals surface area contributed by atoms with Crippen LogP contribution in [-0.4, -0.2) is 11.1 Å². The Morgan fingerprint density at radius 1 is 0.619 bits per heavy atom. The van der Waals surface area contributed by atoms with Gasteiger partial charge in [-0.1, -0.05) is 96.8 Å². The number of carboxylic acids is 1. The van der Waals surface area contributed by atoms with Gasteiger partial charge in [-0.15, -0.1) is 0 Å². The van der Waals surface area contributed by atoms with E-state index in [0.717, 1.165) is 12.8 Å². The molecule has 0 aromatic heterocycles. The second kappa shape index (κ2) is 20.1. The number of carbonyl (C=O) groups is 1. The third-order valence-electron chi connectivity index (χ3n) is 3.99. The van der Waals surface area contributed by atoms with E-state index in [2.05, 4.69) is 6.92 Å². The van der Waals surface area contributed by atoms with Crippen LogP contribution in [0.2, 0.25) is 0 Å². The predicted octanol–water partition coefficient (Wildman–Crippen LogP) is 6.33. The van der Waals surface area contributed by atoms with Crippen LogP contribution in [-0.2, 0) is 25.2 Å². The summed E-state index contributed by atoms with van der Waals surface area (Å²) in [5, 5.41) is 8.52. The van der Waals surface area contributed by atoms with Crippen molar-refractivity contribution in [3.8, 4) is 0 Å². The topological polar surface area (TPSA) is 37.3 Å². The van der Waals surface area contributed by atoms with Crippen LogP contribution in [0.4, 0.5) is 0 Å². The van der Waals surface area contributed by atoms with Crippen molar-refractivity contribution in [2.24, 2.45) is 0 Å². The number of aliphatic carboxylic acids is 1. The average molecular weight is 391 g/mol. The van der Waals surface area contributed by atoms with Gasteiger partial charge in [0, 0.05) is 26.8 Å². The fourth-order valence-corrected chi connectivity index (χ4v) is 2.65. The monoisotopic (exact) mass is 390 g/mol. The van der Waals surface area contributed by atoms with Gasteiger partial charge in [-0.2, -0.15) is 0 Å². The Kier molecular flexibility index (Phi) is 22.4. The number of rotatable bonds is 16. The van der Waals surface area contributed by atoms with Gasteiger partial charge >= 0.3 is 5.97 Å². The largest absolute Gasteiger partial charge is 0.481 e. The summed E-state index contributed by atoms with van der Waals surface area (Å²) < 4.78 is 0. The molecule has 0 atom stereocenters. The smallest absolute Gasteiger partial charge is 0.303 e. The van der Waals surface area contributed by atoms with Gasteiger partial charge in [0.1, 0.15) is 0 Å². The summed E-state index contributed by atoms with van der Waals surface area (Å²) in [5.41, 5.74) is 0. The molecule has 0 aromatic rings. The summed E-state index contributed by atoms with van der Waals surface area (Å²) in [6.07, 6.45) is 20.2. The first-order valence-electron chi connectivity index (χ1n) is 8.99. The van der Waals surface area contributed by atoms with Crippen LogP contribution in [0.25, 0.3) is 0 Å². The summed E-state index contributed by atoms with van der Waals surface area (Å²) in [6, 6.07) is 0. The second-order valence-electron chi connectivity index (χ2n) is 6.09. The van der Waals surface area contributed by atoms with Gasteiger partial charge in [-0.05, 0) is 6.42 Å². The van der Waals surface area contributed by atoms with E-state index in [0.29, 0.717) is 6.42 Å². The third kappa shape index (κ3) is 22.6. The van der Waals surface area contributed by atoms with Crippen molar-refractivity contribution in [3.05, 3.63) is 0 Å². The molecule has 130 valence electrons. The molecule has 0 aliphatic heterocycles. The molecule has 0 unspecified atom stereocenters. The number of hydrogen-bond acceptors (Lipinski definition) is 1. The molecule has 3 heteroatoms. The van der Waals surface area contributed by atoms with Crippen LogP contribution in [0.1, 0.15) is 110 Å². The molecule has 2 nitrogen and oxygen atoms in total. The van der Waals surface area contributed by atoms with Crippen LogP contribution in [0.15, 0.2) is 0 Å². The van der Waals surface area contributed by atoms with Crippen LogP contribution in [0, 0.1) is 0 Å². The summed E-state index contributed by atoms with van der Waals surface area (Å²) in [5.74, 6) is -0.653. The Balaban J connectivity index is 0. The average Bonchev–Trinajstić information content (AvgIpc) is 2.43. The molecule has 21 heavy (non-hydrogen) atoms. The van der Waals surface area contributed by atoms with Crippen LogP contribution >= 0.6 is 0 Å². The minimum atomic E-state index is -0.653. The van der Waals surface area contributed by atoms with Crippen molar-refractivity contribution in [1.29, 1.82) is 0 Å². The summed E-state index contributed by atoms with van der Waals surface area (Å²) >= 11 is 0. The van der Waals surface area contributed by atoms with E-state index in [9.17, 15) is 4.79 Å². The first kappa shape index (κ1) is 23.4. The Bertz CT molecular complexity index is 207. The van der Waals surface area contributed by atoms with Crippen molar-refractivity contribution in [1.82, 2.24) is 0 Å². The maximum Gasteiger partial charge on any atom is 0.303 e.